The van der Waals surface area contributed by atoms with Crippen LogP contribution in [0.3, 0.4) is 0 Å². The molecule has 0 saturated heterocycles. The molecule has 1 amide bonds. The molecular weight excluding hydrogens is 343 g/mol. The topological polar surface area (TPSA) is 92.4 Å². The van der Waals surface area contributed by atoms with Gasteiger partial charge in [0.15, 0.2) is 0 Å². The molecule has 0 spiro atoms. The Morgan fingerprint density at radius 2 is 1.95 bits per heavy atom. The summed E-state index contributed by atoms with van der Waals surface area (Å²) in [5.74, 6) is -3.01. The van der Waals surface area contributed by atoms with Gasteiger partial charge in [-0.15, -0.1) is 0 Å². The molecule has 0 saturated carbocycles. The largest absolute Gasteiger partial charge is 0.478 e. The highest BCUT2D eigenvalue weighted by atomic mass is 79.9. The fourth-order valence-corrected chi connectivity index (χ4v) is 2.15. The molecule has 0 aliphatic heterocycles. The minimum atomic E-state index is -1.47. The van der Waals surface area contributed by atoms with Gasteiger partial charge in [0, 0.05) is 10.2 Å². The fraction of sp³-hybridized carbons (Fsp3) is 0. The predicted octanol–water partition coefficient (Wildman–Crippen LogP) is 3.12. The maximum atomic E-state index is 13.5. The van der Waals surface area contributed by atoms with Crippen LogP contribution in [0.5, 0.6) is 0 Å². The predicted molar refractivity (Wildman–Crippen MR) is 79.9 cm³/mol. The minimum absolute atomic E-state index is 0.130. The third-order valence-corrected chi connectivity index (χ3v) is 3.23. The van der Waals surface area contributed by atoms with Crippen molar-refractivity contribution < 1.29 is 19.1 Å². The second-order valence-corrected chi connectivity index (χ2v) is 5.07. The van der Waals surface area contributed by atoms with Gasteiger partial charge in [-0.3, -0.25) is 4.79 Å². The van der Waals surface area contributed by atoms with E-state index in [1.54, 1.807) is 12.1 Å². The van der Waals surface area contributed by atoms with Crippen molar-refractivity contribution in [1.29, 1.82) is 0 Å². The normalized spacial score (nSPS) is 10.2. The van der Waals surface area contributed by atoms with Gasteiger partial charge in [-0.05, 0) is 30.3 Å². The third-order valence-electron chi connectivity index (χ3n) is 2.73. The number of anilines is 2. The summed E-state index contributed by atoms with van der Waals surface area (Å²) in [4.78, 5) is 23.2. The second-order valence-electron chi connectivity index (χ2n) is 4.15. The number of carbonyl (C=O) groups excluding carboxylic acids is 1. The Bertz CT molecular complexity index is 734. The Morgan fingerprint density at radius 3 is 2.57 bits per heavy atom. The van der Waals surface area contributed by atoms with Crippen molar-refractivity contribution in [1.82, 2.24) is 0 Å². The van der Waals surface area contributed by atoms with Crippen LogP contribution in [0, 0.1) is 5.82 Å². The van der Waals surface area contributed by atoms with Crippen molar-refractivity contribution in [3.8, 4) is 0 Å². The first-order valence-corrected chi connectivity index (χ1v) is 6.57. The Morgan fingerprint density at radius 1 is 1.24 bits per heavy atom. The molecule has 0 aliphatic rings. The van der Waals surface area contributed by atoms with Crippen molar-refractivity contribution in [3.05, 3.63) is 57.8 Å². The van der Waals surface area contributed by atoms with Gasteiger partial charge in [-0.1, -0.05) is 22.0 Å². The molecule has 0 radical (unpaired) electrons. The van der Waals surface area contributed by atoms with E-state index >= 15 is 0 Å². The minimum Gasteiger partial charge on any atom is -0.478 e. The molecular formula is C14H10BrFN2O3. The number of nitrogens with one attached hydrogen (secondary N) is 1. The molecule has 2 aromatic rings. The van der Waals surface area contributed by atoms with E-state index in [1.807, 2.05) is 0 Å². The quantitative estimate of drug-likeness (QED) is 0.740. The van der Waals surface area contributed by atoms with E-state index in [-0.39, 0.29) is 16.9 Å². The van der Waals surface area contributed by atoms with Crippen molar-refractivity contribution in [2.24, 2.45) is 0 Å². The number of rotatable bonds is 3. The van der Waals surface area contributed by atoms with Crippen LogP contribution in [0.4, 0.5) is 15.8 Å². The van der Waals surface area contributed by atoms with Crippen LogP contribution >= 0.6 is 15.9 Å². The molecule has 0 aromatic heterocycles. The van der Waals surface area contributed by atoms with E-state index < -0.39 is 23.3 Å². The number of nitrogen functional groups attached to an aromatic ring is 1. The van der Waals surface area contributed by atoms with Gasteiger partial charge in [0.25, 0.3) is 5.91 Å². The number of halogens is 2. The highest BCUT2D eigenvalue weighted by molar-refractivity contribution is 9.10. The van der Waals surface area contributed by atoms with Crippen molar-refractivity contribution in [2.75, 3.05) is 11.1 Å². The summed E-state index contributed by atoms with van der Waals surface area (Å²) in [6, 6.07) is 8.26. The summed E-state index contributed by atoms with van der Waals surface area (Å²) in [7, 11) is 0. The van der Waals surface area contributed by atoms with Crippen LogP contribution < -0.4 is 11.1 Å². The van der Waals surface area contributed by atoms with Crippen LogP contribution in [-0.2, 0) is 0 Å². The van der Waals surface area contributed by atoms with E-state index in [2.05, 4.69) is 21.2 Å². The van der Waals surface area contributed by atoms with Gasteiger partial charge in [0.1, 0.15) is 11.4 Å². The molecule has 2 aromatic carbocycles. The van der Waals surface area contributed by atoms with Gasteiger partial charge < -0.3 is 16.2 Å². The van der Waals surface area contributed by atoms with E-state index in [9.17, 15) is 14.0 Å². The van der Waals surface area contributed by atoms with Crippen LogP contribution in [0.1, 0.15) is 20.7 Å². The Balaban J connectivity index is 2.36. The van der Waals surface area contributed by atoms with Crippen LogP contribution in [0.15, 0.2) is 40.9 Å². The summed E-state index contributed by atoms with van der Waals surface area (Å²) in [5, 5.41) is 11.4. The molecule has 0 fully saturated rings. The summed E-state index contributed by atoms with van der Waals surface area (Å²) in [6.45, 7) is 0. The van der Waals surface area contributed by atoms with Gasteiger partial charge in [0.2, 0.25) is 0 Å². The Hall–Kier alpha value is -2.41. The zero-order chi connectivity index (χ0) is 15.6. The first kappa shape index (κ1) is 15.0. The molecule has 21 heavy (non-hydrogen) atoms. The molecule has 0 heterocycles. The SMILES string of the molecule is Nc1cc(Br)ccc1C(=O)Nc1cccc(F)c1C(=O)O. The molecule has 7 heteroatoms. The molecule has 5 nitrogen and oxygen atoms in total. The maximum Gasteiger partial charge on any atom is 0.340 e. The van der Waals surface area contributed by atoms with Crippen LogP contribution in [0.2, 0.25) is 0 Å². The van der Waals surface area contributed by atoms with E-state index in [0.29, 0.717) is 4.47 Å². The Labute approximate surface area is 127 Å². The molecule has 108 valence electrons. The fourth-order valence-electron chi connectivity index (χ4n) is 1.78. The number of aromatic carboxylic acids is 1. The summed E-state index contributed by atoms with van der Waals surface area (Å²) in [6.07, 6.45) is 0. The van der Waals surface area contributed by atoms with E-state index in [4.69, 9.17) is 10.8 Å². The van der Waals surface area contributed by atoms with Crippen LogP contribution in [0.25, 0.3) is 0 Å². The lowest BCUT2D eigenvalue weighted by Gasteiger charge is -2.10. The first-order valence-electron chi connectivity index (χ1n) is 5.78. The average molecular weight is 353 g/mol. The number of carboxylic acids is 1. The summed E-state index contributed by atoms with van der Waals surface area (Å²) >= 11 is 3.21. The number of carbonyl (C=O) groups is 2. The van der Waals surface area contributed by atoms with E-state index in [0.717, 1.165) is 6.07 Å². The lowest BCUT2D eigenvalue weighted by Crippen LogP contribution is -2.17. The van der Waals surface area contributed by atoms with Gasteiger partial charge in [0.05, 0.1) is 11.3 Å². The first-order chi connectivity index (χ1) is 9.90. The zero-order valence-electron chi connectivity index (χ0n) is 10.6. The van der Waals surface area contributed by atoms with Crippen molar-refractivity contribution in [2.45, 2.75) is 0 Å². The van der Waals surface area contributed by atoms with Gasteiger partial charge >= 0.3 is 5.97 Å². The zero-order valence-corrected chi connectivity index (χ0v) is 12.1. The number of benzene rings is 2. The van der Waals surface area contributed by atoms with Gasteiger partial charge in [-0.2, -0.15) is 0 Å². The molecule has 0 atom stereocenters. The number of amides is 1. The number of nitrogens with two attached hydrogens (primary N) is 1. The monoisotopic (exact) mass is 352 g/mol. The summed E-state index contributed by atoms with van der Waals surface area (Å²) < 4.78 is 14.2. The van der Waals surface area contributed by atoms with E-state index in [1.165, 1.54) is 18.2 Å². The maximum absolute atomic E-state index is 13.5. The Kier molecular flexibility index (Phi) is 4.23. The van der Waals surface area contributed by atoms with Crippen molar-refractivity contribution >= 4 is 39.2 Å². The number of carboxylic acid groups (broad SMARTS) is 1. The third kappa shape index (κ3) is 3.19. The van der Waals surface area contributed by atoms with Crippen LogP contribution in [-0.4, -0.2) is 17.0 Å². The molecule has 0 bridgehead atoms. The van der Waals surface area contributed by atoms with Gasteiger partial charge in [-0.25, -0.2) is 9.18 Å². The molecule has 0 aliphatic carbocycles. The second kappa shape index (κ2) is 5.92. The molecule has 2 rings (SSSR count). The number of hydrogen-bond acceptors (Lipinski definition) is 3. The lowest BCUT2D eigenvalue weighted by molar-refractivity contribution is 0.0693. The lowest BCUT2D eigenvalue weighted by atomic mass is 10.1. The molecule has 0 unspecified atom stereocenters. The summed E-state index contributed by atoms with van der Waals surface area (Å²) in [5.41, 5.74) is 5.38. The highest BCUT2D eigenvalue weighted by Crippen LogP contribution is 2.23. The average Bonchev–Trinajstić information content (AvgIpc) is 2.37. The number of hydrogen-bond donors (Lipinski definition) is 3. The standard InChI is InChI=1S/C14H10BrFN2O3/c15-7-4-5-8(10(17)6-7)13(19)18-11-3-1-2-9(16)12(11)14(20)21/h1-6H,17H2,(H,18,19)(H,20,21). The smallest absolute Gasteiger partial charge is 0.340 e. The molecule has 4 N–H and O–H groups in total. The highest BCUT2D eigenvalue weighted by Gasteiger charge is 2.18. The van der Waals surface area contributed by atoms with Crippen molar-refractivity contribution in [3.63, 3.8) is 0 Å².